The Balaban J connectivity index is 3.49. The first kappa shape index (κ1) is 14.4. The van der Waals surface area contributed by atoms with Gasteiger partial charge >= 0.3 is 0 Å². The first-order chi connectivity index (χ1) is 7.07. The van der Waals surface area contributed by atoms with Crippen LogP contribution in [-0.2, 0) is 4.79 Å². The highest BCUT2D eigenvalue weighted by Crippen LogP contribution is 2.01. The minimum Gasteiger partial charge on any atom is -0.343 e. The van der Waals surface area contributed by atoms with Crippen molar-refractivity contribution in [2.45, 2.75) is 39.5 Å². The van der Waals surface area contributed by atoms with Crippen molar-refractivity contribution < 1.29 is 4.79 Å². The molecular formula is C12H26N2O. The molecule has 0 rings (SSSR count). The number of hydrogen-bond acceptors (Lipinski definition) is 2. The monoisotopic (exact) mass is 214 g/mol. The van der Waals surface area contributed by atoms with E-state index in [1.165, 1.54) is 12.8 Å². The molecule has 15 heavy (non-hydrogen) atoms. The van der Waals surface area contributed by atoms with Crippen molar-refractivity contribution in [3.8, 4) is 0 Å². The third kappa shape index (κ3) is 8.43. The van der Waals surface area contributed by atoms with Gasteiger partial charge in [0.1, 0.15) is 0 Å². The summed E-state index contributed by atoms with van der Waals surface area (Å²) < 4.78 is 0. The van der Waals surface area contributed by atoms with E-state index in [4.69, 9.17) is 0 Å². The minimum atomic E-state index is 0.212. The van der Waals surface area contributed by atoms with Crippen LogP contribution in [0.3, 0.4) is 0 Å². The van der Waals surface area contributed by atoms with Crippen LogP contribution in [0.25, 0.3) is 0 Å². The van der Waals surface area contributed by atoms with Crippen LogP contribution in [0.1, 0.15) is 39.5 Å². The van der Waals surface area contributed by atoms with Crippen molar-refractivity contribution in [2.75, 3.05) is 33.7 Å². The maximum atomic E-state index is 11.2. The van der Waals surface area contributed by atoms with Gasteiger partial charge in [0, 0.05) is 20.0 Å². The summed E-state index contributed by atoms with van der Waals surface area (Å²) in [6.45, 7) is 6.75. The average Bonchev–Trinajstić information content (AvgIpc) is 2.15. The predicted octanol–water partition coefficient (Wildman–Crippen LogP) is 1.98. The second-order valence-corrected chi connectivity index (χ2v) is 4.37. The Morgan fingerprint density at radius 2 is 1.60 bits per heavy atom. The van der Waals surface area contributed by atoms with E-state index in [0.29, 0.717) is 0 Å². The summed E-state index contributed by atoms with van der Waals surface area (Å²) in [7, 11) is 4.19. The Bertz CT molecular complexity index is 169. The molecule has 3 heteroatoms. The van der Waals surface area contributed by atoms with Crippen molar-refractivity contribution in [1.29, 1.82) is 0 Å². The zero-order valence-corrected chi connectivity index (χ0v) is 10.8. The molecule has 0 aliphatic heterocycles. The van der Waals surface area contributed by atoms with Crippen molar-refractivity contribution in [3.05, 3.63) is 0 Å². The van der Waals surface area contributed by atoms with Gasteiger partial charge in [-0.15, -0.1) is 0 Å². The van der Waals surface area contributed by atoms with Crippen LogP contribution >= 0.6 is 0 Å². The van der Waals surface area contributed by atoms with Crippen LogP contribution in [0.2, 0.25) is 0 Å². The van der Waals surface area contributed by atoms with Gasteiger partial charge < -0.3 is 9.80 Å². The molecule has 0 atom stereocenters. The van der Waals surface area contributed by atoms with Crippen LogP contribution in [0, 0.1) is 0 Å². The number of amides is 1. The normalized spacial score (nSPS) is 10.7. The lowest BCUT2D eigenvalue weighted by Gasteiger charge is -2.20. The number of hydrogen-bond donors (Lipinski definition) is 0. The highest BCUT2D eigenvalue weighted by atomic mass is 16.2. The van der Waals surface area contributed by atoms with E-state index in [-0.39, 0.29) is 5.91 Å². The van der Waals surface area contributed by atoms with Crippen molar-refractivity contribution in [1.82, 2.24) is 9.80 Å². The fourth-order valence-electron chi connectivity index (χ4n) is 1.60. The zero-order chi connectivity index (χ0) is 11.7. The second kappa shape index (κ2) is 8.72. The Morgan fingerprint density at radius 3 is 2.07 bits per heavy atom. The first-order valence-corrected chi connectivity index (χ1v) is 5.98. The number of carbonyl (C=O) groups is 1. The molecule has 0 bridgehead atoms. The minimum absolute atomic E-state index is 0.212. The second-order valence-electron chi connectivity index (χ2n) is 4.37. The fourth-order valence-corrected chi connectivity index (χ4v) is 1.60. The summed E-state index contributed by atoms with van der Waals surface area (Å²) in [5.41, 5.74) is 0. The Kier molecular flexibility index (Phi) is 8.38. The molecule has 0 radical (unpaired) electrons. The topological polar surface area (TPSA) is 23.6 Å². The highest BCUT2D eigenvalue weighted by Gasteiger charge is 2.05. The molecule has 3 nitrogen and oxygen atoms in total. The van der Waals surface area contributed by atoms with E-state index in [1.807, 2.05) is 4.90 Å². The van der Waals surface area contributed by atoms with Gasteiger partial charge in [-0.1, -0.05) is 13.3 Å². The molecule has 0 heterocycles. The van der Waals surface area contributed by atoms with Crippen LogP contribution in [0.15, 0.2) is 0 Å². The molecule has 0 aliphatic carbocycles. The van der Waals surface area contributed by atoms with Gasteiger partial charge in [-0.3, -0.25) is 4.79 Å². The lowest BCUT2D eigenvalue weighted by molar-refractivity contribution is -0.128. The van der Waals surface area contributed by atoms with Crippen LogP contribution in [0.5, 0.6) is 0 Å². The zero-order valence-electron chi connectivity index (χ0n) is 10.8. The standard InChI is InChI=1S/C12H26N2O/c1-5-9-14(12(2)15)11-8-6-7-10-13(3)4/h5-11H2,1-4H3. The molecular weight excluding hydrogens is 188 g/mol. The molecule has 0 saturated heterocycles. The number of carbonyl (C=O) groups excluding carboxylic acids is 1. The van der Waals surface area contributed by atoms with Gasteiger partial charge in [0.25, 0.3) is 0 Å². The van der Waals surface area contributed by atoms with Crippen molar-refractivity contribution in [2.24, 2.45) is 0 Å². The quantitative estimate of drug-likeness (QED) is 0.577. The van der Waals surface area contributed by atoms with Crippen LogP contribution < -0.4 is 0 Å². The molecule has 0 aromatic rings. The van der Waals surface area contributed by atoms with E-state index in [0.717, 1.165) is 32.5 Å². The van der Waals surface area contributed by atoms with Gasteiger partial charge in [0.05, 0.1) is 0 Å². The third-order valence-corrected chi connectivity index (χ3v) is 2.47. The van der Waals surface area contributed by atoms with Crippen LogP contribution in [-0.4, -0.2) is 49.4 Å². The summed E-state index contributed by atoms with van der Waals surface area (Å²) >= 11 is 0. The van der Waals surface area contributed by atoms with E-state index in [2.05, 4.69) is 25.9 Å². The van der Waals surface area contributed by atoms with Gasteiger partial charge in [-0.05, 0) is 39.9 Å². The average molecular weight is 214 g/mol. The summed E-state index contributed by atoms with van der Waals surface area (Å²) in [5, 5.41) is 0. The number of unbranched alkanes of at least 4 members (excludes halogenated alkanes) is 2. The van der Waals surface area contributed by atoms with Gasteiger partial charge in [-0.2, -0.15) is 0 Å². The molecule has 0 saturated carbocycles. The predicted molar refractivity (Wildman–Crippen MR) is 65.0 cm³/mol. The Labute approximate surface area is 94.4 Å². The van der Waals surface area contributed by atoms with Gasteiger partial charge in [0.2, 0.25) is 5.91 Å². The SMILES string of the molecule is CCCN(CCCCCN(C)C)C(C)=O. The maximum Gasteiger partial charge on any atom is 0.219 e. The molecule has 90 valence electrons. The van der Waals surface area contributed by atoms with Gasteiger partial charge in [0.15, 0.2) is 0 Å². The molecule has 1 amide bonds. The van der Waals surface area contributed by atoms with E-state index < -0.39 is 0 Å². The smallest absolute Gasteiger partial charge is 0.219 e. The molecule has 0 spiro atoms. The molecule has 0 fully saturated rings. The number of nitrogens with zero attached hydrogens (tertiary/aromatic N) is 2. The molecule has 0 N–H and O–H groups in total. The number of rotatable bonds is 8. The van der Waals surface area contributed by atoms with Gasteiger partial charge in [-0.25, -0.2) is 0 Å². The molecule has 0 aromatic heterocycles. The molecule has 0 unspecified atom stereocenters. The van der Waals surface area contributed by atoms with Crippen molar-refractivity contribution >= 4 is 5.91 Å². The Hall–Kier alpha value is -0.570. The molecule has 0 aliphatic rings. The third-order valence-electron chi connectivity index (χ3n) is 2.47. The summed E-state index contributed by atoms with van der Waals surface area (Å²) in [4.78, 5) is 15.4. The fraction of sp³-hybridized carbons (Fsp3) is 0.917. The largest absolute Gasteiger partial charge is 0.343 e. The summed E-state index contributed by atoms with van der Waals surface area (Å²) in [5.74, 6) is 0.212. The Morgan fingerprint density at radius 1 is 1.00 bits per heavy atom. The maximum absolute atomic E-state index is 11.2. The van der Waals surface area contributed by atoms with E-state index >= 15 is 0 Å². The van der Waals surface area contributed by atoms with E-state index in [1.54, 1.807) is 6.92 Å². The lowest BCUT2D eigenvalue weighted by atomic mass is 10.2. The summed E-state index contributed by atoms with van der Waals surface area (Å²) in [6.07, 6.45) is 4.63. The lowest BCUT2D eigenvalue weighted by Crippen LogP contribution is -2.30. The van der Waals surface area contributed by atoms with E-state index in [9.17, 15) is 4.79 Å². The summed E-state index contributed by atoms with van der Waals surface area (Å²) in [6, 6.07) is 0. The highest BCUT2D eigenvalue weighted by molar-refractivity contribution is 5.73. The van der Waals surface area contributed by atoms with Crippen molar-refractivity contribution in [3.63, 3.8) is 0 Å². The first-order valence-electron chi connectivity index (χ1n) is 5.98. The molecule has 0 aromatic carbocycles. The van der Waals surface area contributed by atoms with Crippen LogP contribution in [0.4, 0.5) is 0 Å².